The molecule has 7 nitrogen and oxygen atoms in total. The number of rotatable bonds is 3. The smallest absolute Gasteiger partial charge is 0.335 e. The van der Waals surface area contributed by atoms with Gasteiger partial charge in [-0.15, -0.1) is 0 Å². The van der Waals surface area contributed by atoms with Gasteiger partial charge in [0, 0.05) is 13.5 Å². The Kier molecular flexibility index (Phi) is 3.60. The van der Waals surface area contributed by atoms with Crippen LogP contribution in [-0.2, 0) is 9.59 Å². The van der Waals surface area contributed by atoms with Crippen LogP contribution in [0.3, 0.4) is 0 Å². The van der Waals surface area contributed by atoms with E-state index in [2.05, 4.69) is 5.32 Å². The number of anilines is 2. The Balaban J connectivity index is 2.16. The number of likely N-dealkylation sites (N-methyl/N-ethyl adjacent to an activating group) is 1. The quantitative estimate of drug-likeness (QED) is 0.548. The van der Waals surface area contributed by atoms with E-state index in [0.717, 1.165) is 4.90 Å². The zero-order valence-corrected chi connectivity index (χ0v) is 10.9. The predicted molar refractivity (Wildman–Crippen MR) is 72.2 cm³/mol. The molecule has 1 saturated heterocycles. The SMILES string of the molecule is CN1C(=O)CCC(Nc2ccc(C(=O)O)cc2N)C1=O. The van der Waals surface area contributed by atoms with Gasteiger partial charge in [0.1, 0.15) is 6.04 Å². The van der Waals surface area contributed by atoms with Crippen molar-refractivity contribution in [2.24, 2.45) is 0 Å². The van der Waals surface area contributed by atoms with Crippen molar-refractivity contribution in [3.8, 4) is 0 Å². The number of nitrogens with zero attached hydrogens (tertiary/aromatic N) is 1. The predicted octanol–water partition coefficient (Wildman–Crippen LogP) is 0.526. The summed E-state index contributed by atoms with van der Waals surface area (Å²) in [6.45, 7) is 0. The van der Waals surface area contributed by atoms with E-state index in [1.807, 2.05) is 0 Å². The summed E-state index contributed by atoms with van der Waals surface area (Å²) >= 11 is 0. The molecule has 0 bridgehead atoms. The number of piperidine rings is 1. The standard InChI is InChI=1S/C13H15N3O4/c1-16-11(17)5-4-10(12(16)18)15-9-3-2-7(13(19)20)6-8(9)14/h2-3,6,10,15H,4-5,14H2,1H3,(H,19,20). The van der Waals surface area contributed by atoms with Crippen molar-refractivity contribution in [1.29, 1.82) is 0 Å². The molecule has 0 aromatic heterocycles. The fourth-order valence-electron chi connectivity index (χ4n) is 2.06. The number of aromatic carboxylic acids is 1. The van der Waals surface area contributed by atoms with E-state index in [1.165, 1.54) is 25.2 Å². The molecule has 0 spiro atoms. The lowest BCUT2D eigenvalue weighted by Crippen LogP contribution is -2.48. The molecular weight excluding hydrogens is 262 g/mol. The minimum absolute atomic E-state index is 0.0790. The van der Waals surface area contributed by atoms with Gasteiger partial charge in [0.2, 0.25) is 5.91 Å². The van der Waals surface area contributed by atoms with Crippen molar-refractivity contribution in [3.63, 3.8) is 0 Å². The van der Waals surface area contributed by atoms with Gasteiger partial charge in [-0.2, -0.15) is 0 Å². The first-order valence-corrected chi connectivity index (χ1v) is 6.10. The van der Waals surface area contributed by atoms with Gasteiger partial charge in [0.05, 0.1) is 16.9 Å². The number of hydrogen-bond donors (Lipinski definition) is 3. The molecule has 1 unspecified atom stereocenters. The highest BCUT2D eigenvalue weighted by atomic mass is 16.4. The van der Waals surface area contributed by atoms with Crippen molar-refractivity contribution < 1.29 is 19.5 Å². The molecule has 0 saturated carbocycles. The number of benzene rings is 1. The highest BCUT2D eigenvalue weighted by Crippen LogP contribution is 2.23. The van der Waals surface area contributed by atoms with Crippen LogP contribution in [-0.4, -0.2) is 40.9 Å². The number of amides is 2. The van der Waals surface area contributed by atoms with Gasteiger partial charge in [-0.25, -0.2) is 4.79 Å². The second kappa shape index (κ2) is 5.20. The largest absolute Gasteiger partial charge is 0.478 e. The van der Waals surface area contributed by atoms with Gasteiger partial charge in [-0.3, -0.25) is 14.5 Å². The molecule has 1 heterocycles. The summed E-state index contributed by atoms with van der Waals surface area (Å²) in [7, 11) is 1.44. The third-order valence-electron chi connectivity index (χ3n) is 3.28. The minimum Gasteiger partial charge on any atom is -0.478 e. The van der Waals surface area contributed by atoms with E-state index in [0.29, 0.717) is 12.1 Å². The van der Waals surface area contributed by atoms with E-state index in [-0.39, 0.29) is 29.5 Å². The maximum atomic E-state index is 11.9. The fraction of sp³-hybridized carbons (Fsp3) is 0.308. The third kappa shape index (κ3) is 2.56. The van der Waals surface area contributed by atoms with Crippen LogP contribution in [0.1, 0.15) is 23.2 Å². The van der Waals surface area contributed by atoms with Crippen molar-refractivity contribution in [2.75, 3.05) is 18.1 Å². The van der Waals surface area contributed by atoms with Crippen molar-refractivity contribution >= 4 is 29.2 Å². The Morgan fingerprint density at radius 3 is 2.75 bits per heavy atom. The van der Waals surface area contributed by atoms with Gasteiger partial charge in [-0.1, -0.05) is 0 Å². The Labute approximate surface area is 115 Å². The second-order valence-electron chi connectivity index (χ2n) is 4.63. The van der Waals surface area contributed by atoms with E-state index < -0.39 is 12.0 Å². The van der Waals surface area contributed by atoms with Gasteiger partial charge in [0.15, 0.2) is 0 Å². The van der Waals surface area contributed by atoms with Crippen LogP contribution >= 0.6 is 0 Å². The number of carbonyl (C=O) groups is 3. The molecule has 20 heavy (non-hydrogen) atoms. The van der Waals surface area contributed by atoms with Crippen molar-refractivity contribution in [1.82, 2.24) is 4.90 Å². The Hall–Kier alpha value is -2.57. The summed E-state index contributed by atoms with van der Waals surface area (Å²) in [5.74, 6) is -1.59. The fourth-order valence-corrected chi connectivity index (χ4v) is 2.06. The summed E-state index contributed by atoms with van der Waals surface area (Å²) in [6, 6.07) is 3.72. The van der Waals surface area contributed by atoms with E-state index >= 15 is 0 Å². The summed E-state index contributed by atoms with van der Waals surface area (Å²) in [5.41, 5.74) is 6.58. The molecule has 106 valence electrons. The molecule has 1 aromatic carbocycles. The second-order valence-corrected chi connectivity index (χ2v) is 4.63. The number of nitrogen functional groups attached to an aromatic ring is 1. The van der Waals surface area contributed by atoms with Crippen molar-refractivity contribution in [2.45, 2.75) is 18.9 Å². The average Bonchev–Trinajstić information content (AvgIpc) is 2.41. The Bertz CT molecular complexity index is 585. The van der Waals surface area contributed by atoms with Crippen LogP contribution < -0.4 is 11.1 Å². The Morgan fingerprint density at radius 2 is 2.15 bits per heavy atom. The zero-order valence-electron chi connectivity index (χ0n) is 10.9. The molecule has 1 atom stereocenters. The molecule has 1 aromatic rings. The van der Waals surface area contributed by atoms with Crippen LogP contribution in [0.25, 0.3) is 0 Å². The molecule has 4 N–H and O–H groups in total. The van der Waals surface area contributed by atoms with Gasteiger partial charge in [0.25, 0.3) is 5.91 Å². The van der Waals surface area contributed by atoms with E-state index in [4.69, 9.17) is 10.8 Å². The van der Waals surface area contributed by atoms with Crippen molar-refractivity contribution in [3.05, 3.63) is 23.8 Å². The molecule has 1 fully saturated rings. The molecule has 1 aliphatic rings. The molecule has 1 aliphatic heterocycles. The maximum absolute atomic E-state index is 11.9. The molecule has 0 aliphatic carbocycles. The van der Waals surface area contributed by atoms with Crippen LogP contribution in [0.4, 0.5) is 11.4 Å². The first-order valence-electron chi connectivity index (χ1n) is 6.10. The van der Waals surface area contributed by atoms with E-state index in [9.17, 15) is 14.4 Å². The molecule has 2 amide bonds. The third-order valence-corrected chi connectivity index (χ3v) is 3.28. The highest BCUT2D eigenvalue weighted by Gasteiger charge is 2.31. The summed E-state index contributed by atoms with van der Waals surface area (Å²) in [4.78, 5) is 35.2. The molecule has 2 rings (SSSR count). The summed E-state index contributed by atoms with van der Waals surface area (Å²) < 4.78 is 0. The summed E-state index contributed by atoms with van der Waals surface area (Å²) in [6.07, 6.45) is 0.676. The first-order chi connectivity index (χ1) is 9.40. The number of nitrogens with two attached hydrogens (primary N) is 1. The lowest BCUT2D eigenvalue weighted by molar-refractivity contribution is -0.146. The normalized spacial score (nSPS) is 19.1. The lowest BCUT2D eigenvalue weighted by atomic mass is 10.0. The van der Waals surface area contributed by atoms with Gasteiger partial charge in [-0.05, 0) is 24.6 Å². The molecule has 7 heteroatoms. The van der Waals surface area contributed by atoms with E-state index in [1.54, 1.807) is 0 Å². The lowest BCUT2D eigenvalue weighted by Gasteiger charge is -2.29. The van der Waals surface area contributed by atoms with Crippen LogP contribution in [0, 0.1) is 0 Å². The maximum Gasteiger partial charge on any atom is 0.335 e. The summed E-state index contributed by atoms with van der Waals surface area (Å²) in [5, 5.41) is 11.8. The number of nitrogens with one attached hydrogen (secondary N) is 1. The molecule has 0 radical (unpaired) electrons. The number of likely N-dealkylation sites (tertiary alicyclic amines) is 1. The van der Waals surface area contributed by atoms with Gasteiger partial charge < -0.3 is 16.2 Å². The zero-order chi connectivity index (χ0) is 14.9. The minimum atomic E-state index is -1.07. The number of imide groups is 1. The van der Waals surface area contributed by atoms with Crippen LogP contribution in [0.5, 0.6) is 0 Å². The highest BCUT2D eigenvalue weighted by molar-refractivity contribution is 6.01. The molecular formula is C13H15N3O4. The van der Waals surface area contributed by atoms with Crippen LogP contribution in [0.2, 0.25) is 0 Å². The average molecular weight is 277 g/mol. The number of carboxylic acid groups (broad SMARTS) is 1. The number of hydrogen-bond acceptors (Lipinski definition) is 5. The topological polar surface area (TPSA) is 113 Å². The number of carboxylic acids is 1. The Morgan fingerprint density at radius 1 is 1.45 bits per heavy atom. The number of carbonyl (C=O) groups excluding carboxylic acids is 2. The van der Waals surface area contributed by atoms with Gasteiger partial charge >= 0.3 is 5.97 Å². The monoisotopic (exact) mass is 277 g/mol. The van der Waals surface area contributed by atoms with Crippen LogP contribution in [0.15, 0.2) is 18.2 Å². The first kappa shape index (κ1) is 13.9.